The summed E-state index contributed by atoms with van der Waals surface area (Å²) in [6, 6.07) is 17.3. The molecule has 1 heterocycles. The number of fused-ring (bicyclic) bond motifs is 2. The highest BCUT2D eigenvalue weighted by Gasteiger charge is 2.19. The van der Waals surface area contributed by atoms with Crippen molar-refractivity contribution < 1.29 is 9.15 Å². The molecule has 136 valence electrons. The molecular formula is C24H22O3. The first kappa shape index (κ1) is 17.3. The molecule has 2 aliphatic rings. The molecule has 0 amide bonds. The van der Waals surface area contributed by atoms with Crippen LogP contribution in [0.15, 0.2) is 63.8 Å². The van der Waals surface area contributed by atoms with Gasteiger partial charge in [0.15, 0.2) is 5.43 Å². The number of hydrogen-bond donors (Lipinski definition) is 0. The third-order valence-electron chi connectivity index (χ3n) is 4.69. The van der Waals surface area contributed by atoms with E-state index in [4.69, 9.17) is 9.15 Å². The molecule has 0 spiro atoms. The van der Waals surface area contributed by atoms with Crippen LogP contribution in [0.5, 0.6) is 5.75 Å². The third kappa shape index (κ3) is 3.21. The van der Waals surface area contributed by atoms with Gasteiger partial charge >= 0.3 is 0 Å². The van der Waals surface area contributed by atoms with Crippen molar-refractivity contribution in [2.75, 3.05) is 0 Å². The van der Waals surface area contributed by atoms with E-state index in [9.17, 15) is 4.79 Å². The van der Waals surface area contributed by atoms with E-state index >= 15 is 0 Å². The van der Waals surface area contributed by atoms with Gasteiger partial charge in [-0.1, -0.05) is 23.8 Å². The van der Waals surface area contributed by atoms with Crippen LogP contribution in [0.25, 0.3) is 33.4 Å². The van der Waals surface area contributed by atoms with Crippen molar-refractivity contribution in [2.45, 2.75) is 33.8 Å². The van der Waals surface area contributed by atoms with Crippen molar-refractivity contribution in [3.05, 3.63) is 75.9 Å². The number of hydrogen-bond acceptors (Lipinski definition) is 3. The Labute approximate surface area is 158 Å². The molecule has 0 aromatic heterocycles. The molecule has 4 rings (SSSR count). The fourth-order valence-electron chi connectivity index (χ4n) is 3.58. The maximum absolute atomic E-state index is 11.9. The van der Waals surface area contributed by atoms with E-state index in [1.807, 2.05) is 38.1 Å². The molecule has 0 fully saturated rings. The van der Waals surface area contributed by atoms with E-state index < -0.39 is 0 Å². The standard InChI is InChI=1S/C24H22O3/c1-14(2)26-18-7-10-21-23(13-18)27-22-12-17(25)6-9-20(22)24(21)19-8-5-15(3)11-16(19)4/h5-14H,1-4H3. The number of benzene rings is 3. The second kappa shape index (κ2) is 6.58. The monoisotopic (exact) mass is 358 g/mol. The molecule has 2 aromatic carbocycles. The van der Waals surface area contributed by atoms with Gasteiger partial charge in [-0.15, -0.1) is 0 Å². The Balaban J connectivity index is 2.08. The maximum atomic E-state index is 11.9. The van der Waals surface area contributed by atoms with Crippen LogP contribution in [0.2, 0.25) is 0 Å². The molecule has 0 unspecified atom stereocenters. The molecule has 0 bridgehead atoms. The Bertz CT molecular complexity index is 1170. The molecule has 2 aromatic rings. The minimum atomic E-state index is -0.0632. The molecule has 3 nitrogen and oxygen atoms in total. The second-order valence-corrected chi connectivity index (χ2v) is 7.28. The summed E-state index contributed by atoms with van der Waals surface area (Å²) in [5.74, 6) is 1.34. The van der Waals surface area contributed by atoms with Gasteiger partial charge in [0.25, 0.3) is 0 Å². The van der Waals surface area contributed by atoms with Crippen LogP contribution in [0.4, 0.5) is 0 Å². The van der Waals surface area contributed by atoms with E-state index in [1.54, 1.807) is 12.1 Å². The lowest BCUT2D eigenvalue weighted by molar-refractivity contribution is 0.242. The van der Waals surface area contributed by atoms with E-state index in [0.717, 1.165) is 27.8 Å². The van der Waals surface area contributed by atoms with E-state index in [2.05, 4.69) is 32.0 Å². The first-order valence-electron chi connectivity index (χ1n) is 9.17. The van der Waals surface area contributed by atoms with Crippen LogP contribution in [0, 0.1) is 13.8 Å². The highest BCUT2D eigenvalue weighted by molar-refractivity contribution is 6.02. The Kier molecular flexibility index (Phi) is 4.23. The summed E-state index contributed by atoms with van der Waals surface area (Å²) in [7, 11) is 0. The van der Waals surface area contributed by atoms with Crippen LogP contribution in [0.3, 0.4) is 0 Å². The Morgan fingerprint density at radius 1 is 0.889 bits per heavy atom. The van der Waals surface area contributed by atoms with Gasteiger partial charge in [-0.05, 0) is 63.1 Å². The van der Waals surface area contributed by atoms with Gasteiger partial charge in [-0.25, -0.2) is 0 Å². The lowest BCUT2D eigenvalue weighted by atomic mass is 9.90. The predicted octanol–water partition coefficient (Wildman–Crippen LogP) is 5.97. The van der Waals surface area contributed by atoms with Gasteiger partial charge < -0.3 is 9.15 Å². The normalized spacial score (nSPS) is 11.4. The Hall–Kier alpha value is -3.07. The fraction of sp³-hybridized carbons (Fsp3) is 0.208. The summed E-state index contributed by atoms with van der Waals surface area (Å²) in [5, 5.41) is 1.00. The predicted molar refractivity (Wildman–Crippen MR) is 110 cm³/mol. The van der Waals surface area contributed by atoms with E-state index in [1.165, 1.54) is 11.1 Å². The highest BCUT2D eigenvalue weighted by atomic mass is 16.5. The molecule has 0 radical (unpaired) electrons. The average molecular weight is 358 g/mol. The zero-order valence-electron chi connectivity index (χ0n) is 16.0. The first-order valence-corrected chi connectivity index (χ1v) is 9.17. The first-order chi connectivity index (χ1) is 12.9. The van der Waals surface area contributed by atoms with Gasteiger partial charge in [-0.2, -0.15) is 0 Å². The lowest BCUT2D eigenvalue weighted by Gasteiger charge is -2.18. The van der Waals surface area contributed by atoms with Crippen molar-refractivity contribution in [1.82, 2.24) is 0 Å². The maximum Gasteiger partial charge on any atom is 0.182 e. The average Bonchev–Trinajstić information content (AvgIpc) is 2.59. The molecule has 0 N–H and O–H groups in total. The van der Waals surface area contributed by atoms with Crippen LogP contribution < -0.4 is 10.2 Å². The minimum Gasteiger partial charge on any atom is -0.491 e. The SMILES string of the molecule is Cc1ccc(-c2c3ccc(=O)cc-3oc3cc(OC(C)C)ccc23)c(C)c1. The van der Waals surface area contributed by atoms with Gasteiger partial charge in [0, 0.05) is 28.6 Å². The summed E-state index contributed by atoms with van der Waals surface area (Å²) in [6.45, 7) is 8.19. The van der Waals surface area contributed by atoms with Gasteiger partial charge in [0.2, 0.25) is 0 Å². The van der Waals surface area contributed by atoms with Gasteiger partial charge in [0.1, 0.15) is 17.1 Å². The molecule has 1 aliphatic heterocycles. The topological polar surface area (TPSA) is 39.4 Å². The number of rotatable bonds is 3. The zero-order valence-corrected chi connectivity index (χ0v) is 16.0. The van der Waals surface area contributed by atoms with Crippen molar-refractivity contribution in [2.24, 2.45) is 0 Å². The lowest BCUT2D eigenvalue weighted by Crippen LogP contribution is -2.05. The van der Waals surface area contributed by atoms with Crippen LogP contribution >= 0.6 is 0 Å². The summed E-state index contributed by atoms with van der Waals surface area (Å²) >= 11 is 0. The molecule has 0 atom stereocenters. The van der Waals surface area contributed by atoms with Crippen molar-refractivity contribution in [1.29, 1.82) is 0 Å². The second-order valence-electron chi connectivity index (χ2n) is 7.28. The van der Waals surface area contributed by atoms with Gasteiger partial charge in [0.05, 0.1) is 6.10 Å². The van der Waals surface area contributed by atoms with Crippen molar-refractivity contribution in [3.63, 3.8) is 0 Å². The summed E-state index contributed by atoms with van der Waals surface area (Å²) in [5.41, 5.74) is 6.22. The Morgan fingerprint density at radius 3 is 2.41 bits per heavy atom. The van der Waals surface area contributed by atoms with Gasteiger partial charge in [-0.3, -0.25) is 4.79 Å². The molecule has 27 heavy (non-hydrogen) atoms. The zero-order chi connectivity index (χ0) is 19.1. The van der Waals surface area contributed by atoms with Crippen molar-refractivity contribution in [3.8, 4) is 28.2 Å². The van der Waals surface area contributed by atoms with Crippen LogP contribution in [0.1, 0.15) is 25.0 Å². The van der Waals surface area contributed by atoms with Crippen molar-refractivity contribution >= 4 is 11.0 Å². The molecule has 0 saturated carbocycles. The summed E-state index contributed by atoms with van der Waals surface area (Å²) < 4.78 is 11.9. The third-order valence-corrected chi connectivity index (χ3v) is 4.69. The number of ether oxygens (including phenoxy) is 1. The largest absolute Gasteiger partial charge is 0.491 e. The van der Waals surface area contributed by atoms with Crippen LogP contribution in [-0.2, 0) is 0 Å². The quantitative estimate of drug-likeness (QED) is 0.424. The molecule has 3 heteroatoms. The van der Waals surface area contributed by atoms with E-state index in [-0.39, 0.29) is 11.5 Å². The molecular weight excluding hydrogens is 336 g/mol. The highest BCUT2D eigenvalue weighted by Crippen LogP contribution is 2.41. The number of aryl methyl sites for hydroxylation is 2. The van der Waals surface area contributed by atoms with Crippen LogP contribution in [-0.4, -0.2) is 6.10 Å². The fourth-order valence-corrected chi connectivity index (χ4v) is 3.58. The molecule has 1 aliphatic carbocycles. The smallest absolute Gasteiger partial charge is 0.182 e. The molecule has 0 saturated heterocycles. The summed E-state index contributed by atoms with van der Waals surface area (Å²) in [6.07, 6.45) is 0.0787. The van der Waals surface area contributed by atoms with E-state index in [0.29, 0.717) is 11.3 Å². The summed E-state index contributed by atoms with van der Waals surface area (Å²) in [4.78, 5) is 11.9. The Morgan fingerprint density at radius 2 is 1.67 bits per heavy atom. The minimum absolute atomic E-state index is 0.0632.